The quantitative estimate of drug-likeness (QED) is 0.325. The summed E-state index contributed by atoms with van der Waals surface area (Å²) in [5.74, 6) is 0. The summed E-state index contributed by atoms with van der Waals surface area (Å²) in [5.41, 5.74) is 0. The smallest absolute Gasteiger partial charge is 0.786 e. The van der Waals surface area contributed by atoms with Gasteiger partial charge >= 0.3 is 29.6 Å². The van der Waals surface area contributed by atoms with Crippen molar-refractivity contribution in [3.8, 4) is 0 Å². The van der Waals surface area contributed by atoms with Gasteiger partial charge in [-0.3, -0.25) is 0 Å². The molecule has 0 amide bonds. The van der Waals surface area contributed by atoms with Crippen LogP contribution in [0.5, 0.6) is 0 Å². The van der Waals surface area contributed by atoms with Gasteiger partial charge in [-0.2, -0.15) is 0 Å². The molecule has 0 aliphatic rings. The minimum atomic E-state index is -2.39. The summed E-state index contributed by atoms with van der Waals surface area (Å²) in [6.07, 6.45) is 11.2. The first-order valence-corrected chi connectivity index (χ1v) is 7.19. The summed E-state index contributed by atoms with van der Waals surface area (Å²) < 4.78 is 4.57. The molecule has 0 saturated carbocycles. The molecule has 3 nitrogen and oxygen atoms in total. The average Bonchev–Trinajstić information content (AvgIpc) is 2.20. The van der Waals surface area contributed by atoms with E-state index in [0.29, 0.717) is 6.61 Å². The molecule has 0 aromatic carbocycles. The van der Waals surface area contributed by atoms with Gasteiger partial charge < -0.3 is 14.3 Å². The van der Waals surface area contributed by atoms with Crippen molar-refractivity contribution >= 4 is 8.60 Å². The standard InChI is InChI=1S/C11H24O3P.Na/c1-2-3-4-5-6-7-8-9-10-11-14-15(12)13;/h12H,2-11H2,1H3;/q-1;+1. The topological polar surface area (TPSA) is 52.5 Å². The Labute approximate surface area is 123 Å². The Bertz CT molecular complexity index is 126. The van der Waals surface area contributed by atoms with Gasteiger partial charge in [-0.15, -0.1) is 0 Å². The molecule has 0 aliphatic heterocycles. The van der Waals surface area contributed by atoms with Crippen molar-refractivity contribution in [2.24, 2.45) is 0 Å². The van der Waals surface area contributed by atoms with Gasteiger partial charge in [0.1, 0.15) is 0 Å². The van der Waals surface area contributed by atoms with E-state index in [-0.39, 0.29) is 29.6 Å². The number of unbranched alkanes of at least 4 members (excludes halogenated alkanes) is 8. The third-order valence-corrected chi connectivity index (χ3v) is 2.85. The van der Waals surface area contributed by atoms with E-state index in [4.69, 9.17) is 4.89 Å². The minimum Gasteiger partial charge on any atom is -0.786 e. The van der Waals surface area contributed by atoms with Crippen LogP contribution in [0, 0.1) is 0 Å². The second-order valence-electron chi connectivity index (χ2n) is 3.90. The number of rotatable bonds is 11. The third kappa shape index (κ3) is 17.7. The molecular formula is C11H24NaO3P. The summed E-state index contributed by atoms with van der Waals surface area (Å²) >= 11 is 0. The summed E-state index contributed by atoms with van der Waals surface area (Å²) in [5, 5.41) is 0. The van der Waals surface area contributed by atoms with Crippen molar-refractivity contribution in [2.45, 2.75) is 64.7 Å². The van der Waals surface area contributed by atoms with Crippen LogP contribution in [0.15, 0.2) is 0 Å². The van der Waals surface area contributed by atoms with Crippen LogP contribution in [0.2, 0.25) is 0 Å². The van der Waals surface area contributed by atoms with Crippen LogP contribution in [0.3, 0.4) is 0 Å². The molecule has 0 fully saturated rings. The molecule has 0 aromatic heterocycles. The Balaban J connectivity index is 0. The molecule has 92 valence electrons. The fourth-order valence-electron chi connectivity index (χ4n) is 1.56. The van der Waals surface area contributed by atoms with Crippen LogP contribution < -0.4 is 34.5 Å². The van der Waals surface area contributed by atoms with Crippen LogP contribution in [0.1, 0.15) is 64.7 Å². The van der Waals surface area contributed by atoms with Gasteiger partial charge in [0, 0.05) is 0 Å². The Morgan fingerprint density at radius 2 is 1.38 bits per heavy atom. The molecule has 0 radical (unpaired) electrons. The molecule has 0 aliphatic carbocycles. The largest absolute Gasteiger partial charge is 1.00 e. The van der Waals surface area contributed by atoms with Crippen LogP contribution in [-0.2, 0) is 4.52 Å². The number of hydrogen-bond donors (Lipinski definition) is 1. The van der Waals surface area contributed by atoms with Crippen LogP contribution in [0.25, 0.3) is 0 Å². The van der Waals surface area contributed by atoms with Crippen molar-refractivity contribution in [3.05, 3.63) is 0 Å². The Hall–Kier alpha value is 1.31. The Kier molecular flexibility index (Phi) is 20.0. The van der Waals surface area contributed by atoms with E-state index in [0.717, 1.165) is 12.8 Å². The molecule has 16 heavy (non-hydrogen) atoms. The normalized spacial score (nSPS) is 12.2. The summed E-state index contributed by atoms with van der Waals surface area (Å²) in [4.78, 5) is 18.5. The molecule has 1 atom stereocenters. The van der Waals surface area contributed by atoms with E-state index in [9.17, 15) is 4.89 Å². The van der Waals surface area contributed by atoms with Crippen molar-refractivity contribution < 1.29 is 43.9 Å². The zero-order valence-electron chi connectivity index (χ0n) is 10.8. The van der Waals surface area contributed by atoms with E-state index in [1.54, 1.807) is 0 Å². The molecule has 1 unspecified atom stereocenters. The Morgan fingerprint density at radius 3 is 1.81 bits per heavy atom. The molecule has 0 heterocycles. The monoisotopic (exact) mass is 258 g/mol. The van der Waals surface area contributed by atoms with Gasteiger partial charge in [-0.1, -0.05) is 58.3 Å². The Morgan fingerprint density at radius 1 is 0.938 bits per heavy atom. The molecule has 0 rings (SSSR count). The van der Waals surface area contributed by atoms with E-state index in [1.165, 1.54) is 44.9 Å². The van der Waals surface area contributed by atoms with Crippen molar-refractivity contribution in [3.63, 3.8) is 0 Å². The first-order chi connectivity index (χ1) is 7.27. The van der Waals surface area contributed by atoms with Crippen molar-refractivity contribution in [1.29, 1.82) is 0 Å². The van der Waals surface area contributed by atoms with E-state index >= 15 is 0 Å². The second kappa shape index (κ2) is 16.3. The predicted molar refractivity (Wildman–Crippen MR) is 62.3 cm³/mol. The maximum absolute atomic E-state index is 10.2. The second-order valence-corrected chi connectivity index (χ2v) is 4.63. The molecule has 5 heteroatoms. The molecule has 1 N–H and O–H groups in total. The number of hydrogen-bond acceptors (Lipinski definition) is 3. The van der Waals surface area contributed by atoms with E-state index in [2.05, 4.69) is 11.4 Å². The fourth-order valence-corrected chi connectivity index (χ4v) is 1.84. The molecule has 0 bridgehead atoms. The zero-order valence-corrected chi connectivity index (χ0v) is 13.7. The summed E-state index contributed by atoms with van der Waals surface area (Å²) in [6, 6.07) is 0. The maximum atomic E-state index is 10.2. The first-order valence-electron chi connectivity index (χ1n) is 6.06. The summed E-state index contributed by atoms with van der Waals surface area (Å²) in [7, 11) is -2.39. The van der Waals surface area contributed by atoms with Crippen LogP contribution in [-0.4, -0.2) is 11.5 Å². The SMILES string of the molecule is CCCCCCCCCCCOP([O-])O.[Na+]. The fraction of sp³-hybridized carbons (Fsp3) is 1.00. The van der Waals surface area contributed by atoms with Gasteiger partial charge in [-0.05, 0) is 6.42 Å². The maximum Gasteiger partial charge on any atom is 1.00 e. The van der Waals surface area contributed by atoms with Gasteiger partial charge in [-0.25, -0.2) is 0 Å². The molecule has 0 saturated heterocycles. The first kappa shape index (κ1) is 19.6. The van der Waals surface area contributed by atoms with Crippen molar-refractivity contribution in [1.82, 2.24) is 0 Å². The predicted octanol–water partition coefficient (Wildman–Crippen LogP) is 0.117. The average molecular weight is 258 g/mol. The van der Waals surface area contributed by atoms with Gasteiger partial charge in [0.25, 0.3) is 0 Å². The van der Waals surface area contributed by atoms with Crippen molar-refractivity contribution in [2.75, 3.05) is 6.61 Å². The zero-order chi connectivity index (χ0) is 11.4. The molecular weight excluding hydrogens is 234 g/mol. The summed E-state index contributed by atoms with van der Waals surface area (Å²) in [6.45, 7) is 2.65. The van der Waals surface area contributed by atoms with Crippen LogP contribution in [0.4, 0.5) is 0 Å². The van der Waals surface area contributed by atoms with E-state index < -0.39 is 8.60 Å². The van der Waals surface area contributed by atoms with Gasteiger partial charge in [0.05, 0.1) is 15.2 Å². The van der Waals surface area contributed by atoms with Gasteiger partial charge in [0.2, 0.25) is 0 Å². The molecule has 0 aromatic rings. The minimum absolute atomic E-state index is 0. The third-order valence-electron chi connectivity index (χ3n) is 2.45. The van der Waals surface area contributed by atoms with E-state index in [1.807, 2.05) is 0 Å². The van der Waals surface area contributed by atoms with Gasteiger partial charge in [0.15, 0.2) is 0 Å². The van der Waals surface area contributed by atoms with Crippen LogP contribution >= 0.6 is 8.60 Å². The molecule has 0 spiro atoms.